The van der Waals surface area contributed by atoms with Crippen molar-refractivity contribution in [3.8, 4) is 29.0 Å². The lowest BCUT2D eigenvalue weighted by atomic mass is 10.2. The lowest BCUT2D eigenvalue weighted by Gasteiger charge is -1.90. The van der Waals surface area contributed by atoms with Crippen molar-refractivity contribution in [1.82, 2.24) is 15.1 Å². The van der Waals surface area contributed by atoms with Gasteiger partial charge in [0.15, 0.2) is 0 Å². The maximum absolute atomic E-state index is 8.74. The number of aromatic amines is 1. The zero-order valence-corrected chi connectivity index (χ0v) is 9.29. The van der Waals surface area contributed by atoms with Crippen molar-refractivity contribution in [3.05, 3.63) is 48.2 Å². The molecule has 0 radical (unpaired) electrons. The molecule has 3 aromatic rings. The molecule has 0 aliphatic carbocycles. The molecule has 0 aliphatic heterocycles. The van der Waals surface area contributed by atoms with Crippen LogP contribution in [0, 0.1) is 11.3 Å². The Kier molecular flexibility index (Phi) is 2.39. The zero-order chi connectivity index (χ0) is 12.4. The Morgan fingerprint density at radius 3 is 2.78 bits per heavy atom. The van der Waals surface area contributed by atoms with Crippen molar-refractivity contribution >= 4 is 0 Å². The molecule has 18 heavy (non-hydrogen) atoms. The highest BCUT2D eigenvalue weighted by molar-refractivity contribution is 5.58. The summed E-state index contributed by atoms with van der Waals surface area (Å²) < 4.78 is 5.16. The number of hydrogen-bond donors (Lipinski definition) is 1. The smallest absolute Gasteiger partial charge is 0.274 e. The fourth-order valence-electron chi connectivity index (χ4n) is 1.62. The van der Waals surface area contributed by atoms with E-state index in [1.165, 1.54) is 0 Å². The highest BCUT2D eigenvalue weighted by Crippen LogP contribution is 2.21. The van der Waals surface area contributed by atoms with Gasteiger partial charge in [-0.1, -0.05) is 35.5 Å². The summed E-state index contributed by atoms with van der Waals surface area (Å²) >= 11 is 0. The molecule has 5 nitrogen and oxygen atoms in total. The molecule has 0 amide bonds. The van der Waals surface area contributed by atoms with Crippen LogP contribution < -0.4 is 0 Å². The molecule has 2 aromatic heterocycles. The SMILES string of the molecule is N#Cc1c[nH]c(-c2nc(-c3ccccc3)no2)c1. The maximum atomic E-state index is 8.74. The standard InChI is InChI=1S/C13H8N4O/c14-7-9-6-11(15-8-9)13-16-12(17-18-13)10-4-2-1-3-5-10/h1-6,8,15H. The number of aromatic nitrogens is 3. The van der Waals surface area contributed by atoms with Gasteiger partial charge < -0.3 is 9.51 Å². The van der Waals surface area contributed by atoms with Gasteiger partial charge in [-0.3, -0.25) is 0 Å². The van der Waals surface area contributed by atoms with Gasteiger partial charge >= 0.3 is 0 Å². The summed E-state index contributed by atoms with van der Waals surface area (Å²) in [6.45, 7) is 0. The fraction of sp³-hybridized carbons (Fsp3) is 0. The van der Waals surface area contributed by atoms with Crippen molar-refractivity contribution in [1.29, 1.82) is 5.26 Å². The third-order valence-electron chi connectivity index (χ3n) is 2.50. The van der Waals surface area contributed by atoms with Crippen LogP contribution in [0.1, 0.15) is 5.56 Å². The molecule has 0 fully saturated rings. The van der Waals surface area contributed by atoms with Crippen molar-refractivity contribution < 1.29 is 4.52 Å². The van der Waals surface area contributed by atoms with E-state index in [1.54, 1.807) is 12.3 Å². The highest BCUT2D eigenvalue weighted by atomic mass is 16.5. The number of benzene rings is 1. The first kappa shape index (κ1) is 10.3. The van der Waals surface area contributed by atoms with E-state index >= 15 is 0 Å². The maximum Gasteiger partial charge on any atom is 0.274 e. The molecule has 3 rings (SSSR count). The van der Waals surface area contributed by atoms with Gasteiger partial charge in [0.1, 0.15) is 11.8 Å². The average Bonchev–Trinajstić information content (AvgIpc) is 3.08. The van der Waals surface area contributed by atoms with Gasteiger partial charge in [-0.25, -0.2) is 0 Å². The highest BCUT2D eigenvalue weighted by Gasteiger charge is 2.11. The minimum atomic E-state index is 0.371. The minimum absolute atomic E-state index is 0.371. The normalized spacial score (nSPS) is 10.2. The molecule has 0 saturated carbocycles. The molecule has 0 saturated heterocycles. The Morgan fingerprint density at radius 2 is 2.06 bits per heavy atom. The van der Waals surface area contributed by atoms with Gasteiger partial charge in [0, 0.05) is 11.8 Å². The first-order valence-corrected chi connectivity index (χ1v) is 5.35. The molecule has 0 bridgehead atoms. The average molecular weight is 236 g/mol. The van der Waals surface area contributed by atoms with Crippen LogP contribution in [0.15, 0.2) is 47.1 Å². The van der Waals surface area contributed by atoms with Crippen LogP contribution in [-0.4, -0.2) is 15.1 Å². The van der Waals surface area contributed by atoms with Gasteiger partial charge in [-0.15, -0.1) is 0 Å². The van der Waals surface area contributed by atoms with Crippen molar-refractivity contribution in [2.75, 3.05) is 0 Å². The summed E-state index contributed by atoms with van der Waals surface area (Å²) in [5.74, 6) is 0.897. The summed E-state index contributed by atoms with van der Waals surface area (Å²) in [6.07, 6.45) is 1.60. The van der Waals surface area contributed by atoms with E-state index in [0.717, 1.165) is 5.56 Å². The molecule has 0 spiro atoms. The Bertz CT molecular complexity index is 706. The number of hydrogen-bond acceptors (Lipinski definition) is 4. The minimum Gasteiger partial charge on any atom is -0.356 e. The zero-order valence-electron chi connectivity index (χ0n) is 9.29. The van der Waals surface area contributed by atoms with Crippen molar-refractivity contribution in [2.45, 2.75) is 0 Å². The van der Waals surface area contributed by atoms with Crippen molar-refractivity contribution in [2.24, 2.45) is 0 Å². The third kappa shape index (κ3) is 1.76. The van der Waals surface area contributed by atoms with Crippen LogP contribution in [0.3, 0.4) is 0 Å². The lowest BCUT2D eigenvalue weighted by molar-refractivity contribution is 0.431. The van der Waals surface area contributed by atoms with Gasteiger partial charge in [0.2, 0.25) is 5.82 Å². The second-order valence-corrected chi connectivity index (χ2v) is 3.70. The van der Waals surface area contributed by atoms with E-state index in [4.69, 9.17) is 9.78 Å². The lowest BCUT2D eigenvalue weighted by Crippen LogP contribution is -1.80. The number of H-pyrrole nitrogens is 1. The topological polar surface area (TPSA) is 78.5 Å². The van der Waals surface area contributed by atoms with Crippen LogP contribution >= 0.6 is 0 Å². The molecule has 0 unspecified atom stereocenters. The Labute approximate surface area is 103 Å². The first-order valence-electron chi connectivity index (χ1n) is 5.35. The first-order chi connectivity index (χ1) is 8.86. The monoisotopic (exact) mass is 236 g/mol. The molecule has 0 aliphatic rings. The number of nitrogens with zero attached hydrogens (tertiary/aromatic N) is 3. The van der Waals surface area contributed by atoms with Gasteiger partial charge in [-0.05, 0) is 6.07 Å². The number of nitrogens with one attached hydrogen (secondary N) is 1. The molecule has 2 heterocycles. The molecule has 1 N–H and O–H groups in total. The predicted molar refractivity (Wildman–Crippen MR) is 64.2 cm³/mol. The largest absolute Gasteiger partial charge is 0.356 e. The second kappa shape index (κ2) is 4.18. The molecular formula is C13H8N4O. The summed E-state index contributed by atoms with van der Waals surface area (Å²) in [7, 11) is 0. The van der Waals surface area contributed by atoms with E-state index in [1.807, 2.05) is 36.4 Å². The molecule has 5 heteroatoms. The molecule has 86 valence electrons. The molecule has 1 aromatic carbocycles. The van der Waals surface area contributed by atoms with E-state index in [-0.39, 0.29) is 0 Å². The summed E-state index contributed by atoms with van der Waals surface area (Å²) in [6, 6.07) is 13.3. The van der Waals surface area contributed by atoms with Crippen LogP contribution in [0.2, 0.25) is 0 Å². The fourth-order valence-corrected chi connectivity index (χ4v) is 1.62. The van der Waals surface area contributed by atoms with Crippen LogP contribution in [0.4, 0.5) is 0 Å². The second-order valence-electron chi connectivity index (χ2n) is 3.70. The van der Waals surface area contributed by atoms with Gasteiger partial charge in [-0.2, -0.15) is 10.2 Å². The van der Waals surface area contributed by atoms with Crippen LogP contribution in [-0.2, 0) is 0 Å². The molecular weight excluding hydrogens is 228 g/mol. The quantitative estimate of drug-likeness (QED) is 0.741. The summed E-state index contributed by atoms with van der Waals surface area (Å²) in [5, 5.41) is 12.7. The van der Waals surface area contributed by atoms with Crippen LogP contribution in [0.5, 0.6) is 0 Å². The Balaban J connectivity index is 1.97. The number of nitriles is 1. The van der Waals surface area contributed by atoms with Gasteiger partial charge in [0.05, 0.1) is 5.56 Å². The summed E-state index contributed by atoms with van der Waals surface area (Å²) in [5.41, 5.74) is 2.06. The Hall–Kier alpha value is -2.87. The van der Waals surface area contributed by atoms with E-state index in [9.17, 15) is 0 Å². The molecule has 0 atom stereocenters. The number of rotatable bonds is 2. The van der Waals surface area contributed by atoms with E-state index in [2.05, 4.69) is 15.1 Å². The van der Waals surface area contributed by atoms with Crippen molar-refractivity contribution in [3.63, 3.8) is 0 Å². The Morgan fingerprint density at radius 1 is 1.22 bits per heavy atom. The van der Waals surface area contributed by atoms with E-state index < -0.39 is 0 Å². The summed E-state index contributed by atoms with van der Waals surface area (Å²) in [4.78, 5) is 7.20. The van der Waals surface area contributed by atoms with Crippen LogP contribution in [0.25, 0.3) is 23.0 Å². The predicted octanol–water partition coefficient (Wildman–Crippen LogP) is 2.60. The van der Waals surface area contributed by atoms with Gasteiger partial charge in [0.25, 0.3) is 5.89 Å². The van der Waals surface area contributed by atoms with E-state index in [0.29, 0.717) is 23.0 Å². The third-order valence-corrected chi connectivity index (χ3v) is 2.50.